The smallest absolute Gasteiger partial charge is 0.185 e. The SMILES string of the molecule is C=CCc1cc(OC)c(O)c(-n2nc3ccc(Cl)cc3n2)c1. The van der Waals surface area contributed by atoms with Gasteiger partial charge in [0.05, 0.1) is 7.11 Å². The molecule has 112 valence electrons. The van der Waals surface area contributed by atoms with Crippen molar-refractivity contribution in [1.82, 2.24) is 15.0 Å². The summed E-state index contributed by atoms with van der Waals surface area (Å²) < 4.78 is 5.21. The predicted molar refractivity (Wildman–Crippen MR) is 86.0 cm³/mol. The molecule has 0 aliphatic heterocycles. The Morgan fingerprint density at radius 2 is 2.05 bits per heavy atom. The number of methoxy groups -OCH3 is 1. The maximum absolute atomic E-state index is 10.3. The molecule has 3 aromatic rings. The largest absolute Gasteiger partial charge is 0.503 e. The number of aromatic hydroxyl groups is 1. The van der Waals surface area contributed by atoms with Crippen molar-refractivity contribution in [1.29, 1.82) is 0 Å². The van der Waals surface area contributed by atoms with Gasteiger partial charge in [-0.2, -0.15) is 0 Å². The van der Waals surface area contributed by atoms with E-state index >= 15 is 0 Å². The number of nitrogens with zero attached hydrogens (tertiary/aromatic N) is 3. The van der Waals surface area contributed by atoms with Gasteiger partial charge in [-0.3, -0.25) is 0 Å². The van der Waals surface area contributed by atoms with E-state index in [1.807, 2.05) is 0 Å². The summed E-state index contributed by atoms with van der Waals surface area (Å²) in [6.07, 6.45) is 2.43. The van der Waals surface area contributed by atoms with Gasteiger partial charge in [0.1, 0.15) is 16.7 Å². The number of phenolic OH excluding ortho intramolecular Hbond substituents is 1. The molecule has 0 saturated heterocycles. The lowest BCUT2D eigenvalue weighted by Gasteiger charge is -2.10. The van der Waals surface area contributed by atoms with Crippen LogP contribution in [0.1, 0.15) is 5.56 Å². The number of phenols is 1. The van der Waals surface area contributed by atoms with Crippen molar-refractivity contribution < 1.29 is 9.84 Å². The number of halogens is 1. The van der Waals surface area contributed by atoms with Gasteiger partial charge in [-0.25, -0.2) is 0 Å². The van der Waals surface area contributed by atoms with Gasteiger partial charge in [0.15, 0.2) is 11.5 Å². The van der Waals surface area contributed by atoms with E-state index in [0.717, 1.165) is 5.56 Å². The Labute approximate surface area is 132 Å². The van der Waals surface area contributed by atoms with Crippen LogP contribution in [0.3, 0.4) is 0 Å². The van der Waals surface area contributed by atoms with Crippen LogP contribution in [-0.4, -0.2) is 27.2 Å². The summed E-state index contributed by atoms with van der Waals surface area (Å²) in [5, 5.41) is 19.6. The molecular weight excluding hydrogens is 302 g/mol. The molecule has 0 fully saturated rings. The number of allylic oxidation sites excluding steroid dienone is 1. The van der Waals surface area contributed by atoms with Gasteiger partial charge in [0, 0.05) is 5.02 Å². The molecule has 1 aromatic heterocycles. The Balaban J connectivity index is 2.19. The summed E-state index contributed by atoms with van der Waals surface area (Å²) >= 11 is 5.96. The highest BCUT2D eigenvalue weighted by molar-refractivity contribution is 6.31. The number of hydrogen-bond donors (Lipinski definition) is 1. The zero-order chi connectivity index (χ0) is 15.7. The molecule has 0 spiro atoms. The molecule has 0 radical (unpaired) electrons. The minimum atomic E-state index is -0.0123. The number of benzene rings is 2. The van der Waals surface area contributed by atoms with E-state index in [-0.39, 0.29) is 5.75 Å². The first-order chi connectivity index (χ1) is 10.6. The molecule has 0 saturated carbocycles. The maximum atomic E-state index is 10.3. The third kappa shape index (κ3) is 2.51. The fourth-order valence-corrected chi connectivity index (χ4v) is 2.40. The lowest BCUT2D eigenvalue weighted by molar-refractivity contribution is 0.370. The number of rotatable bonds is 4. The summed E-state index contributed by atoms with van der Waals surface area (Å²) in [4.78, 5) is 1.38. The monoisotopic (exact) mass is 315 g/mol. The van der Waals surface area contributed by atoms with Crippen molar-refractivity contribution in [3.05, 3.63) is 53.6 Å². The third-order valence-corrected chi connectivity index (χ3v) is 3.51. The summed E-state index contributed by atoms with van der Waals surface area (Å²) in [6.45, 7) is 3.72. The van der Waals surface area contributed by atoms with Gasteiger partial charge in [-0.05, 0) is 42.3 Å². The van der Waals surface area contributed by atoms with Gasteiger partial charge < -0.3 is 9.84 Å². The molecule has 0 unspecified atom stereocenters. The standard InChI is InChI=1S/C16H14ClN3O2/c1-3-4-10-7-14(16(21)15(8-10)22-2)20-18-12-6-5-11(17)9-13(12)19-20/h3,5-9,21H,1,4H2,2H3. The lowest BCUT2D eigenvalue weighted by atomic mass is 10.1. The molecule has 0 aliphatic carbocycles. The molecule has 0 amide bonds. The van der Waals surface area contributed by atoms with E-state index in [2.05, 4.69) is 16.8 Å². The fourth-order valence-electron chi connectivity index (χ4n) is 2.24. The normalized spacial score (nSPS) is 10.8. The van der Waals surface area contributed by atoms with E-state index < -0.39 is 0 Å². The average Bonchev–Trinajstić information content (AvgIpc) is 2.91. The minimum Gasteiger partial charge on any atom is -0.503 e. The summed E-state index contributed by atoms with van der Waals surface area (Å²) in [5.41, 5.74) is 2.74. The van der Waals surface area contributed by atoms with Crippen LogP contribution in [0.15, 0.2) is 43.0 Å². The Bertz CT molecular complexity index is 858. The highest BCUT2D eigenvalue weighted by Crippen LogP contribution is 2.34. The van der Waals surface area contributed by atoms with Crippen molar-refractivity contribution in [2.75, 3.05) is 7.11 Å². The Morgan fingerprint density at radius 3 is 2.77 bits per heavy atom. The molecule has 0 atom stereocenters. The highest BCUT2D eigenvalue weighted by Gasteiger charge is 2.15. The zero-order valence-electron chi connectivity index (χ0n) is 12.0. The molecule has 22 heavy (non-hydrogen) atoms. The maximum Gasteiger partial charge on any atom is 0.185 e. The molecule has 1 heterocycles. The number of fused-ring (bicyclic) bond motifs is 1. The molecule has 5 nitrogen and oxygen atoms in total. The number of hydrogen-bond acceptors (Lipinski definition) is 4. The van der Waals surface area contributed by atoms with Crippen LogP contribution in [0.2, 0.25) is 5.02 Å². The van der Waals surface area contributed by atoms with Crippen LogP contribution < -0.4 is 4.74 Å². The van der Waals surface area contributed by atoms with E-state index in [4.69, 9.17) is 16.3 Å². The van der Waals surface area contributed by atoms with Crippen LogP contribution in [0.25, 0.3) is 16.7 Å². The van der Waals surface area contributed by atoms with Gasteiger partial charge in [0.25, 0.3) is 0 Å². The first kappa shape index (κ1) is 14.4. The summed E-state index contributed by atoms with van der Waals surface area (Å²) in [6, 6.07) is 8.82. The second-order valence-corrected chi connectivity index (χ2v) is 5.22. The molecule has 0 aliphatic rings. The fraction of sp³-hybridized carbons (Fsp3) is 0.125. The molecular formula is C16H14ClN3O2. The Hall–Kier alpha value is -2.53. The number of aromatic nitrogens is 3. The van der Waals surface area contributed by atoms with Crippen LogP contribution in [0.4, 0.5) is 0 Å². The third-order valence-electron chi connectivity index (χ3n) is 3.27. The van der Waals surface area contributed by atoms with Gasteiger partial charge >= 0.3 is 0 Å². The first-order valence-electron chi connectivity index (χ1n) is 6.66. The first-order valence-corrected chi connectivity index (χ1v) is 7.04. The van der Waals surface area contributed by atoms with E-state index in [0.29, 0.717) is 33.9 Å². The Kier molecular flexibility index (Phi) is 3.73. The van der Waals surface area contributed by atoms with E-state index in [9.17, 15) is 5.11 Å². The molecule has 3 rings (SSSR count). The van der Waals surface area contributed by atoms with Crippen LogP contribution >= 0.6 is 11.6 Å². The summed E-state index contributed by atoms with van der Waals surface area (Å²) in [5.74, 6) is 0.357. The molecule has 1 N–H and O–H groups in total. The van der Waals surface area contributed by atoms with Crippen molar-refractivity contribution in [3.8, 4) is 17.2 Å². The van der Waals surface area contributed by atoms with Crippen molar-refractivity contribution in [2.45, 2.75) is 6.42 Å². The number of ether oxygens (including phenoxy) is 1. The quantitative estimate of drug-likeness (QED) is 0.748. The average molecular weight is 316 g/mol. The van der Waals surface area contributed by atoms with Crippen molar-refractivity contribution in [3.63, 3.8) is 0 Å². The van der Waals surface area contributed by atoms with Gasteiger partial charge in [0.2, 0.25) is 0 Å². The topological polar surface area (TPSA) is 60.2 Å². The van der Waals surface area contributed by atoms with Crippen LogP contribution in [-0.2, 0) is 6.42 Å². The van der Waals surface area contributed by atoms with Crippen LogP contribution in [0, 0.1) is 0 Å². The second kappa shape index (κ2) is 5.69. The van der Waals surface area contributed by atoms with E-state index in [1.54, 1.807) is 36.4 Å². The lowest BCUT2D eigenvalue weighted by Crippen LogP contribution is -2.01. The zero-order valence-corrected chi connectivity index (χ0v) is 12.7. The minimum absolute atomic E-state index is 0.0123. The van der Waals surface area contributed by atoms with E-state index in [1.165, 1.54) is 11.9 Å². The van der Waals surface area contributed by atoms with Crippen molar-refractivity contribution >= 4 is 22.6 Å². The van der Waals surface area contributed by atoms with Crippen molar-refractivity contribution in [2.24, 2.45) is 0 Å². The van der Waals surface area contributed by atoms with Crippen LogP contribution in [0.5, 0.6) is 11.5 Å². The second-order valence-electron chi connectivity index (χ2n) is 4.78. The Morgan fingerprint density at radius 1 is 1.27 bits per heavy atom. The molecule has 0 bridgehead atoms. The van der Waals surface area contributed by atoms with Gasteiger partial charge in [-0.15, -0.1) is 21.6 Å². The highest BCUT2D eigenvalue weighted by atomic mass is 35.5. The summed E-state index contributed by atoms with van der Waals surface area (Å²) in [7, 11) is 1.50. The molecule has 6 heteroatoms. The van der Waals surface area contributed by atoms with Gasteiger partial charge in [-0.1, -0.05) is 17.7 Å². The molecule has 2 aromatic carbocycles. The predicted octanol–water partition coefficient (Wildman–Crippen LogP) is 3.52.